The molecule has 0 aliphatic carbocycles. The summed E-state index contributed by atoms with van der Waals surface area (Å²) in [6.45, 7) is 0. The van der Waals surface area contributed by atoms with Gasteiger partial charge in [0.2, 0.25) is 0 Å². The molecule has 0 saturated carbocycles. The smallest absolute Gasteiger partial charge is 0.166 e. The highest BCUT2D eigenvalue weighted by Gasteiger charge is 2.20. The van der Waals surface area contributed by atoms with E-state index in [2.05, 4.69) is 223 Å². The van der Waals surface area contributed by atoms with Gasteiger partial charge in [-0.15, -0.1) is 0 Å². The van der Waals surface area contributed by atoms with Gasteiger partial charge >= 0.3 is 0 Å². The van der Waals surface area contributed by atoms with E-state index in [0.717, 1.165) is 66.8 Å². The molecule has 0 bridgehead atoms. The van der Waals surface area contributed by atoms with Gasteiger partial charge < -0.3 is 4.57 Å². The minimum absolute atomic E-state index is 0.600. The van der Waals surface area contributed by atoms with Crippen LogP contribution in [-0.4, -0.2) is 19.5 Å². The van der Waals surface area contributed by atoms with Crippen LogP contribution in [0.15, 0.2) is 231 Å². The van der Waals surface area contributed by atoms with E-state index in [1.807, 2.05) is 12.1 Å². The summed E-state index contributed by atoms with van der Waals surface area (Å²) < 4.78 is 2.39. The topological polar surface area (TPSA) is 43.6 Å². The predicted octanol–water partition coefficient (Wildman–Crippen LogP) is 14.6. The highest BCUT2D eigenvalue weighted by atomic mass is 15.1. The lowest BCUT2D eigenvalue weighted by Gasteiger charge is -2.15. The van der Waals surface area contributed by atoms with E-state index in [1.165, 1.54) is 21.9 Å². The van der Waals surface area contributed by atoms with Crippen molar-refractivity contribution < 1.29 is 0 Å². The number of fused-ring (bicyclic) bond motifs is 3. The van der Waals surface area contributed by atoms with Crippen molar-refractivity contribution in [3.63, 3.8) is 0 Å². The fourth-order valence-electron chi connectivity index (χ4n) is 8.40. The molecule has 9 aromatic carbocycles. The molecule has 0 spiro atoms. The molecule has 0 radical (unpaired) electrons. The van der Waals surface area contributed by atoms with Crippen molar-refractivity contribution in [2.24, 2.45) is 0 Å². The molecular weight excluding hydrogens is 741 g/mol. The minimum atomic E-state index is 0.600. The van der Waals surface area contributed by atoms with Gasteiger partial charge in [0.15, 0.2) is 17.5 Å². The molecule has 0 atom stereocenters. The number of nitrogens with zero attached hydrogens (tertiary/aromatic N) is 4. The summed E-state index contributed by atoms with van der Waals surface area (Å²) in [5.74, 6) is 1.83. The molecule has 2 heterocycles. The quantitative estimate of drug-likeness (QED) is 0.154. The summed E-state index contributed by atoms with van der Waals surface area (Å²) >= 11 is 0. The van der Waals surface area contributed by atoms with Crippen LogP contribution in [0, 0.1) is 0 Å². The lowest BCUT2D eigenvalue weighted by molar-refractivity contribution is 1.06. The predicted molar refractivity (Wildman–Crippen MR) is 252 cm³/mol. The number of para-hydroxylation sites is 1. The standard InChI is InChI=1S/C57H38N4/c1-5-15-39(16-6-1)43-25-29-45(30-26-43)55-58-56(46-31-27-44(28-32-46)40-17-7-2-8-18-40)60-57(59-55)51-23-13-14-24-52(51)61-53-37-47(41-19-9-3-10-20-41)33-35-49(53)50-36-34-48(38-54(50)61)42-21-11-4-12-22-42/h1-38H. The van der Waals surface area contributed by atoms with Crippen molar-refractivity contribution >= 4 is 21.8 Å². The zero-order valence-corrected chi connectivity index (χ0v) is 33.2. The lowest BCUT2D eigenvalue weighted by Crippen LogP contribution is -2.03. The SMILES string of the molecule is c1ccc(-c2ccc(-c3nc(-c4ccc(-c5ccccc5)cc4)nc(-c4ccccc4-n4c5cc(-c6ccccc6)ccc5c5ccc(-c6ccccc6)cc54)n3)cc2)cc1. The Balaban J connectivity index is 1.12. The molecule has 0 aliphatic heterocycles. The van der Waals surface area contributed by atoms with Gasteiger partial charge in [0.1, 0.15) is 0 Å². The van der Waals surface area contributed by atoms with Crippen LogP contribution in [0.5, 0.6) is 0 Å². The van der Waals surface area contributed by atoms with Gasteiger partial charge in [-0.05, 0) is 68.8 Å². The molecule has 286 valence electrons. The summed E-state index contributed by atoms with van der Waals surface area (Å²) in [5, 5.41) is 2.36. The van der Waals surface area contributed by atoms with Gasteiger partial charge in [-0.1, -0.05) is 206 Å². The first-order valence-electron chi connectivity index (χ1n) is 20.6. The molecule has 0 N–H and O–H groups in total. The van der Waals surface area contributed by atoms with E-state index in [4.69, 9.17) is 15.0 Å². The van der Waals surface area contributed by atoms with E-state index < -0.39 is 0 Å². The third-order valence-corrected chi connectivity index (χ3v) is 11.5. The number of rotatable bonds is 8. The molecule has 61 heavy (non-hydrogen) atoms. The van der Waals surface area contributed by atoms with Gasteiger partial charge in [-0.3, -0.25) is 0 Å². The second-order valence-electron chi connectivity index (χ2n) is 15.2. The number of hydrogen-bond acceptors (Lipinski definition) is 3. The molecule has 0 aliphatic rings. The maximum atomic E-state index is 5.29. The average molecular weight is 779 g/mol. The Morgan fingerprint density at radius 2 is 0.557 bits per heavy atom. The van der Waals surface area contributed by atoms with Crippen LogP contribution in [-0.2, 0) is 0 Å². The second-order valence-corrected chi connectivity index (χ2v) is 15.2. The van der Waals surface area contributed by atoms with E-state index in [1.54, 1.807) is 0 Å². The summed E-state index contributed by atoms with van der Waals surface area (Å²) in [6.07, 6.45) is 0. The van der Waals surface area contributed by atoms with Crippen LogP contribution in [0.4, 0.5) is 0 Å². The van der Waals surface area contributed by atoms with Crippen LogP contribution < -0.4 is 0 Å². The normalized spacial score (nSPS) is 11.3. The average Bonchev–Trinajstić information content (AvgIpc) is 3.68. The van der Waals surface area contributed by atoms with Crippen LogP contribution in [0.25, 0.3) is 106 Å². The first kappa shape index (κ1) is 35.9. The fourth-order valence-corrected chi connectivity index (χ4v) is 8.40. The van der Waals surface area contributed by atoms with Crippen molar-refractivity contribution in [1.29, 1.82) is 0 Å². The Kier molecular flexibility index (Phi) is 9.14. The van der Waals surface area contributed by atoms with Crippen molar-refractivity contribution in [3.05, 3.63) is 231 Å². The van der Waals surface area contributed by atoms with Crippen molar-refractivity contribution in [2.75, 3.05) is 0 Å². The summed E-state index contributed by atoms with van der Waals surface area (Å²) in [6, 6.07) is 81.2. The van der Waals surface area contributed by atoms with Crippen LogP contribution in [0.1, 0.15) is 0 Å². The summed E-state index contributed by atoms with van der Waals surface area (Å²) in [7, 11) is 0. The largest absolute Gasteiger partial charge is 0.308 e. The zero-order valence-electron chi connectivity index (χ0n) is 33.2. The fraction of sp³-hybridized carbons (Fsp3) is 0. The van der Waals surface area contributed by atoms with E-state index in [9.17, 15) is 0 Å². The van der Waals surface area contributed by atoms with Gasteiger partial charge in [0.25, 0.3) is 0 Å². The maximum absolute atomic E-state index is 5.29. The van der Waals surface area contributed by atoms with Crippen LogP contribution in [0.2, 0.25) is 0 Å². The molecule has 11 rings (SSSR count). The monoisotopic (exact) mass is 778 g/mol. The highest BCUT2D eigenvalue weighted by molar-refractivity contribution is 6.11. The van der Waals surface area contributed by atoms with Crippen molar-refractivity contribution in [3.8, 4) is 84.4 Å². The van der Waals surface area contributed by atoms with E-state index in [-0.39, 0.29) is 0 Å². The third kappa shape index (κ3) is 6.86. The number of hydrogen-bond donors (Lipinski definition) is 0. The molecule has 11 aromatic rings. The number of benzene rings is 9. The van der Waals surface area contributed by atoms with E-state index >= 15 is 0 Å². The van der Waals surface area contributed by atoms with Gasteiger partial charge in [-0.25, -0.2) is 15.0 Å². The van der Waals surface area contributed by atoms with Gasteiger partial charge in [-0.2, -0.15) is 0 Å². The summed E-state index contributed by atoms with van der Waals surface area (Å²) in [4.78, 5) is 15.7. The van der Waals surface area contributed by atoms with Crippen LogP contribution >= 0.6 is 0 Å². The molecule has 4 heteroatoms. The van der Waals surface area contributed by atoms with Gasteiger partial charge in [0, 0.05) is 27.5 Å². The first-order valence-corrected chi connectivity index (χ1v) is 20.6. The molecule has 0 fully saturated rings. The Hall–Kier alpha value is -8.21. The van der Waals surface area contributed by atoms with Crippen molar-refractivity contribution in [2.45, 2.75) is 0 Å². The van der Waals surface area contributed by atoms with Crippen molar-refractivity contribution in [1.82, 2.24) is 19.5 Å². The Labute approximate surface area is 354 Å². The van der Waals surface area contributed by atoms with Crippen LogP contribution in [0.3, 0.4) is 0 Å². The third-order valence-electron chi connectivity index (χ3n) is 11.5. The second kappa shape index (κ2) is 15.5. The lowest BCUT2D eigenvalue weighted by atomic mass is 10.0. The Morgan fingerprint density at radius 3 is 0.984 bits per heavy atom. The van der Waals surface area contributed by atoms with E-state index in [0.29, 0.717) is 17.5 Å². The molecule has 0 unspecified atom stereocenters. The summed E-state index contributed by atoms with van der Waals surface area (Å²) in [5.41, 5.74) is 15.2. The molecule has 2 aromatic heterocycles. The molecule has 4 nitrogen and oxygen atoms in total. The van der Waals surface area contributed by atoms with Gasteiger partial charge in [0.05, 0.1) is 16.7 Å². The Morgan fingerprint density at radius 1 is 0.246 bits per heavy atom. The number of aromatic nitrogens is 4. The zero-order chi connectivity index (χ0) is 40.5. The minimum Gasteiger partial charge on any atom is -0.308 e. The highest BCUT2D eigenvalue weighted by Crippen LogP contribution is 2.40. The molecule has 0 saturated heterocycles. The maximum Gasteiger partial charge on any atom is 0.166 e. The molecular formula is C57H38N4. The first-order chi connectivity index (χ1) is 30.2. The Bertz CT molecular complexity index is 3110. The molecule has 0 amide bonds.